The standard InChI is InChI=1S/C13H21N5O7S/c19-11(8-2-1-5-14-6-8)15-16-12(20)10-4-3-9-7-17(10)13(21)18(9)25-26(22,23)24/h8-10,14H,1-7H2,(H,15,19)(H,16,20)(H,22,23,24). The molecule has 3 rings (SSSR count). The molecule has 0 radical (unpaired) electrons. The highest BCUT2D eigenvalue weighted by Gasteiger charge is 2.49. The van der Waals surface area contributed by atoms with Gasteiger partial charge in [-0.3, -0.25) is 25.0 Å². The van der Waals surface area contributed by atoms with Crippen LogP contribution in [0.2, 0.25) is 0 Å². The zero-order chi connectivity index (χ0) is 18.9. The predicted molar refractivity (Wildman–Crippen MR) is 85.3 cm³/mol. The van der Waals surface area contributed by atoms with E-state index < -0.39 is 34.4 Å². The van der Waals surface area contributed by atoms with Crippen LogP contribution in [0.5, 0.6) is 0 Å². The summed E-state index contributed by atoms with van der Waals surface area (Å²) in [5, 5.41) is 3.67. The van der Waals surface area contributed by atoms with Crippen LogP contribution >= 0.6 is 0 Å². The first-order valence-electron chi connectivity index (χ1n) is 8.33. The molecular weight excluding hydrogens is 370 g/mol. The molecule has 0 aromatic carbocycles. The SMILES string of the molecule is O=C(NNC(=O)C1CCC2CN1C(=O)N2OS(=O)(=O)O)C1CCCNC1. The number of hydrogen-bond donors (Lipinski definition) is 4. The van der Waals surface area contributed by atoms with Gasteiger partial charge in [0, 0.05) is 13.1 Å². The third kappa shape index (κ3) is 4.06. The maximum Gasteiger partial charge on any atom is 0.418 e. The molecule has 3 saturated heterocycles. The van der Waals surface area contributed by atoms with Crippen molar-refractivity contribution in [2.24, 2.45) is 5.92 Å². The molecule has 0 saturated carbocycles. The Kier molecular flexibility index (Phi) is 5.32. The molecule has 3 unspecified atom stereocenters. The van der Waals surface area contributed by atoms with Gasteiger partial charge in [0.25, 0.3) is 5.91 Å². The topological polar surface area (TPSA) is 157 Å². The summed E-state index contributed by atoms with van der Waals surface area (Å²) in [6.07, 6.45) is 2.19. The lowest BCUT2D eigenvalue weighted by atomic mass is 9.99. The number of rotatable bonds is 4. The summed E-state index contributed by atoms with van der Waals surface area (Å²) >= 11 is 0. The van der Waals surface area contributed by atoms with Gasteiger partial charge in [0.15, 0.2) is 0 Å². The summed E-state index contributed by atoms with van der Waals surface area (Å²) in [6.45, 7) is 1.49. The minimum Gasteiger partial charge on any atom is -0.316 e. The Morgan fingerprint density at radius 1 is 1.19 bits per heavy atom. The van der Waals surface area contributed by atoms with E-state index in [-0.39, 0.29) is 24.8 Å². The molecule has 0 aromatic rings. The number of hydrogen-bond acceptors (Lipinski definition) is 7. The molecule has 13 heteroatoms. The van der Waals surface area contributed by atoms with E-state index in [9.17, 15) is 22.8 Å². The van der Waals surface area contributed by atoms with Crippen LogP contribution in [0.3, 0.4) is 0 Å². The van der Waals surface area contributed by atoms with E-state index in [4.69, 9.17) is 4.55 Å². The third-order valence-corrected chi connectivity index (χ3v) is 5.13. The van der Waals surface area contributed by atoms with Crippen molar-refractivity contribution in [1.82, 2.24) is 26.1 Å². The second-order valence-electron chi connectivity index (χ2n) is 6.53. The second kappa shape index (κ2) is 7.34. The van der Waals surface area contributed by atoms with Gasteiger partial charge < -0.3 is 10.2 Å². The Hall–Kier alpha value is -1.96. The summed E-state index contributed by atoms with van der Waals surface area (Å²) < 4.78 is 34.8. The molecule has 0 aliphatic carbocycles. The van der Waals surface area contributed by atoms with Gasteiger partial charge in [-0.25, -0.2) is 4.79 Å². The molecule has 3 aliphatic rings. The molecule has 0 spiro atoms. The highest BCUT2D eigenvalue weighted by atomic mass is 32.3. The van der Waals surface area contributed by atoms with Gasteiger partial charge in [0.1, 0.15) is 6.04 Å². The molecule has 3 fully saturated rings. The van der Waals surface area contributed by atoms with E-state index in [1.165, 1.54) is 0 Å². The zero-order valence-corrected chi connectivity index (χ0v) is 14.7. The molecule has 3 heterocycles. The molecule has 4 N–H and O–H groups in total. The van der Waals surface area contributed by atoms with E-state index in [1.54, 1.807) is 0 Å². The third-order valence-electron chi connectivity index (χ3n) is 4.78. The van der Waals surface area contributed by atoms with E-state index in [0.717, 1.165) is 24.3 Å². The molecule has 3 aliphatic heterocycles. The molecule has 4 amide bonds. The number of hydroxylamine groups is 2. The fourth-order valence-corrected chi connectivity index (χ4v) is 3.88. The number of carbonyl (C=O) groups is 3. The number of urea groups is 1. The maximum atomic E-state index is 12.3. The Bertz CT molecular complexity index is 693. The zero-order valence-electron chi connectivity index (χ0n) is 13.9. The van der Waals surface area contributed by atoms with Crippen molar-refractivity contribution in [3.8, 4) is 0 Å². The lowest BCUT2D eigenvalue weighted by Crippen LogP contribution is -2.55. The van der Waals surface area contributed by atoms with Crippen molar-refractivity contribution in [3.05, 3.63) is 0 Å². The minimum absolute atomic E-state index is 0.0902. The number of fused-ring (bicyclic) bond motifs is 2. The first kappa shape index (κ1) is 18.8. The van der Waals surface area contributed by atoms with Crippen LogP contribution in [0.1, 0.15) is 25.7 Å². The molecule has 26 heavy (non-hydrogen) atoms. The van der Waals surface area contributed by atoms with Gasteiger partial charge in [0.05, 0.1) is 12.0 Å². The molecular formula is C13H21N5O7S. The molecule has 3 atom stereocenters. The summed E-state index contributed by atoms with van der Waals surface area (Å²) in [5.74, 6) is -1.10. The van der Waals surface area contributed by atoms with Crippen LogP contribution in [0.25, 0.3) is 0 Å². The molecule has 12 nitrogen and oxygen atoms in total. The smallest absolute Gasteiger partial charge is 0.316 e. The van der Waals surface area contributed by atoms with E-state index in [1.807, 2.05) is 0 Å². The van der Waals surface area contributed by atoms with E-state index in [2.05, 4.69) is 20.5 Å². The lowest BCUT2D eigenvalue weighted by molar-refractivity contribution is -0.133. The van der Waals surface area contributed by atoms with Crippen molar-refractivity contribution in [1.29, 1.82) is 0 Å². The summed E-state index contributed by atoms with van der Waals surface area (Å²) in [6, 6.07) is -2.26. The van der Waals surface area contributed by atoms with Crippen LogP contribution in [0.4, 0.5) is 4.79 Å². The number of amides is 4. The first-order valence-corrected chi connectivity index (χ1v) is 9.70. The number of carbonyl (C=O) groups excluding carboxylic acids is 3. The molecule has 0 aromatic heterocycles. The van der Waals surface area contributed by atoms with E-state index in [0.29, 0.717) is 18.0 Å². The molecule has 146 valence electrons. The van der Waals surface area contributed by atoms with Crippen LogP contribution in [0, 0.1) is 5.92 Å². The minimum atomic E-state index is -4.84. The van der Waals surface area contributed by atoms with Crippen LogP contribution in [0.15, 0.2) is 0 Å². The van der Waals surface area contributed by atoms with Gasteiger partial charge in [0.2, 0.25) is 5.91 Å². The van der Waals surface area contributed by atoms with Crippen molar-refractivity contribution >= 4 is 28.2 Å². The highest BCUT2D eigenvalue weighted by molar-refractivity contribution is 7.80. The average molecular weight is 391 g/mol. The van der Waals surface area contributed by atoms with Gasteiger partial charge >= 0.3 is 16.4 Å². The number of hydrazine groups is 1. The van der Waals surface area contributed by atoms with Crippen molar-refractivity contribution in [3.63, 3.8) is 0 Å². The van der Waals surface area contributed by atoms with Gasteiger partial charge in [-0.05, 0) is 32.2 Å². The summed E-state index contributed by atoms with van der Waals surface area (Å²) in [7, 11) is -4.84. The fraction of sp³-hybridized carbons (Fsp3) is 0.769. The maximum absolute atomic E-state index is 12.3. The normalized spacial score (nSPS) is 28.8. The Balaban J connectivity index is 1.56. The van der Waals surface area contributed by atoms with Crippen molar-refractivity contribution in [2.45, 2.75) is 37.8 Å². The lowest BCUT2D eigenvalue weighted by Gasteiger charge is -2.29. The number of piperidine rings is 2. The Morgan fingerprint density at radius 3 is 2.58 bits per heavy atom. The highest BCUT2D eigenvalue weighted by Crippen LogP contribution is 2.30. The van der Waals surface area contributed by atoms with Crippen LogP contribution in [-0.4, -0.2) is 72.5 Å². The summed E-state index contributed by atoms with van der Waals surface area (Å²) in [4.78, 5) is 37.8. The molecule has 2 bridgehead atoms. The number of nitrogens with one attached hydrogen (secondary N) is 3. The van der Waals surface area contributed by atoms with Gasteiger partial charge in [-0.2, -0.15) is 13.5 Å². The number of nitrogens with zero attached hydrogens (tertiary/aromatic N) is 2. The predicted octanol–water partition coefficient (Wildman–Crippen LogP) is -1.86. The van der Waals surface area contributed by atoms with Gasteiger partial charge in [-0.1, -0.05) is 0 Å². The van der Waals surface area contributed by atoms with Crippen molar-refractivity contribution in [2.75, 3.05) is 19.6 Å². The van der Waals surface area contributed by atoms with Crippen LogP contribution < -0.4 is 16.2 Å². The Morgan fingerprint density at radius 2 is 1.92 bits per heavy atom. The van der Waals surface area contributed by atoms with Crippen molar-refractivity contribution < 1.29 is 31.6 Å². The summed E-state index contributed by atoms with van der Waals surface area (Å²) in [5.41, 5.74) is 4.70. The van der Waals surface area contributed by atoms with Crippen LogP contribution in [-0.2, 0) is 24.3 Å². The average Bonchev–Trinajstić information content (AvgIpc) is 2.84. The van der Waals surface area contributed by atoms with Gasteiger partial charge in [-0.15, -0.1) is 4.28 Å². The second-order valence-corrected chi connectivity index (χ2v) is 7.54. The van der Waals surface area contributed by atoms with E-state index >= 15 is 0 Å². The Labute approximate surface area is 150 Å². The fourth-order valence-electron chi connectivity index (χ4n) is 3.49. The largest absolute Gasteiger partial charge is 0.418 e. The monoisotopic (exact) mass is 391 g/mol. The quantitative estimate of drug-likeness (QED) is 0.321. The first-order chi connectivity index (χ1) is 12.3.